The third-order valence-corrected chi connectivity index (χ3v) is 4.46. The normalized spacial score (nSPS) is 32.0. The summed E-state index contributed by atoms with van der Waals surface area (Å²) in [6, 6.07) is 1.51. The maximum Gasteiger partial charge on any atom is 0.261 e. The van der Waals surface area contributed by atoms with Gasteiger partial charge in [0, 0.05) is 6.20 Å². The number of alkyl halides is 1. The number of rotatable bonds is 2. The Balaban J connectivity index is 2.18. The van der Waals surface area contributed by atoms with Gasteiger partial charge < -0.3 is 25.3 Å². The molecule has 5 atom stereocenters. The van der Waals surface area contributed by atoms with Crippen LogP contribution in [0.2, 0.25) is 0 Å². The van der Waals surface area contributed by atoms with Crippen molar-refractivity contribution < 1.29 is 14.9 Å². The van der Waals surface area contributed by atoms with E-state index in [0.717, 1.165) is 0 Å². The number of hydrogen-bond donors (Lipinski definition) is 4. The van der Waals surface area contributed by atoms with Gasteiger partial charge in [0.05, 0.1) is 11.5 Å². The molecule has 0 bridgehead atoms. The Morgan fingerprint density at radius 2 is 2.39 bits per heavy atom. The molecule has 0 aliphatic carbocycles. The fourth-order valence-electron chi connectivity index (χ4n) is 2.76. The minimum absolute atomic E-state index is 0.0750. The fourth-order valence-corrected chi connectivity index (χ4v) is 3.04. The Morgan fingerprint density at radius 3 is 3.00 bits per heavy atom. The van der Waals surface area contributed by atoms with Crippen LogP contribution in [0.15, 0.2) is 17.1 Å². The molecule has 0 amide bonds. The zero-order chi connectivity index (χ0) is 16.9. The second-order valence-electron chi connectivity index (χ2n) is 5.46. The summed E-state index contributed by atoms with van der Waals surface area (Å²) < 4.78 is 7.10. The molecule has 1 aliphatic rings. The van der Waals surface area contributed by atoms with Gasteiger partial charge in [-0.1, -0.05) is 17.5 Å². The van der Waals surface area contributed by atoms with Crippen molar-refractivity contribution in [2.45, 2.75) is 36.3 Å². The van der Waals surface area contributed by atoms with Crippen LogP contribution in [0.1, 0.15) is 13.2 Å². The van der Waals surface area contributed by atoms with Gasteiger partial charge in [0.1, 0.15) is 12.2 Å². The maximum absolute atomic E-state index is 11.9. The van der Waals surface area contributed by atoms with Crippen molar-refractivity contribution in [3.63, 3.8) is 0 Å². The lowest BCUT2D eigenvalue weighted by Crippen LogP contribution is -2.43. The summed E-state index contributed by atoms with van der Waals surface area (Å²) >= 11 is 6.39. The first-order valence-electron chi connectivity index (χ1n) is 6.84. The summed E-state index contributed by atoms with van der Waals surface area (Å²) in [5.41, 5.74) is 5.37. The van der Waals surface area contributed by atoms with E-state index in [4.69, 9.17) is 28.5 Å². The molecule has 23 heavy (non-hydrogen) atoms. The minimum Gasteiger partial charge on any atom is -0.391 e. The van der Waals surface area contributed by atoms with E-state index in [0.29, 0.717) is 0 Å². The molecule has 5 N–H and O–H groups in total. The van der Waals surface area contributed by atoms with Gasteiger partial charge in [-0.2, -0.15) is 4.98 Å². The smallest absolute Gasteiger partial charge is 0.261 e. The van der Waals surface area contributed by atoms with Crippen LogP contribution in [-0.2, 0) is 4.74 Å². The van der Waals surface area contributed by atoms with Gasteiger partial charge in [0.25, 0.3) is 5.56 Å². The Bertz CT molecular complexity index is 855. The second kappa shape index (κ2) is 5.25. The monoisotopic (exact) mass is 338 g/mol. The zero-order valence-electron chi connectivity index (χ0n) is 12.1. The summed E-state index contributed by atoms with van der Waals surface area (Å²) in [6.45, 7) is 1.46. The highest BCUT2D eigenvalue weighted by atomic mass is 35.5. The van der Waals surface area contributed by atoms with Gasteiger partial charge in [0.2, 0.25) is 5.95 Å². The highest BCUT2D eigenvalue weighted by molar-refractivity contribution is 6.27. The number of nitrogen functional groups attached to an aromatic ring is 1. The topological polar surface area (TPSA) is 126 Å². The highest BCUT2D eigenvalue weighted by Gasteiger charge is 2.57. The molecule has 0 radical (unpaired) electrons. The molecule has 3 heterocycles. The molecule has 1 fully saturated rings. The number of nitrogens with one attached hydrogen (secondary N) is 1. The fraction of sp³-hybridized carbons (Fsp3) is 0.429. The molecule has 0 spiro atoms. The molecule has 0 saturated carbocycles. The van der Waals surface area contributed by atoms with Crippen LogP contribution in [0, 0.1) is 12.3 Å². The number of aromatic amines is 1. The average Bonchev–Trinajstić information content (AvgIpc) is 3.00. The number of aromatic nitrogens is 3. The van der Waals surface area contributed by atoms with Crippen molar-refractivity contribution in [2.24, 2.45) is 0 Å². The molecular weight excluding hydrogens is 324 g/mol. The van der Waals surface area contributed by atoms with E-state index in [2.05, 4.69) is 15.9 Å². The first-order chi connectivity index (χ1) is 10.8. The van der Waals surface area contributed by atoms with E-state index >= 15 is 0 Å². The molecular formula is C14H15ClN4O4. The van der Waals surface area contributed by atoms with Crippen LogP contribution in [0.4, 0.5) is 5.95 Å². The van der Waals surface area contributed by atoms with E-state index < -0.39 is 35.0 Å². The van der Waals surface area contributed by atoms with Gasteiger partial charge >= 0.3 is 0 Å². The predicted molar refractivity (Wildman–Crippen MR) is 83.8 cm³/mol. The maximum atomic E-state index is 11.9. The van der Waals surface area contributed by atoms with Crippen LogP contribution >= 0.6 is 11.6 Å². The lowest BCUT2D eigenvalue weighted by atomic mass is 9.97. The molecule has 1 saturated heterocycles. The zero-order valence-corrected chi connectivity index (χ0v) is 12.9. The van der Waals surface area contributed by atoms with Gasteiger partial charge in [0.15, 0.2) is 16.7 Å². The number of nitrogens with zero attached hydrogens (tertiary/aromatic N) is 2. The number of H-pyrrole nitrogens is 1. The standard InChI is InChI=1S/C14H15ClN4O4/c1-3-14(15)9(21)8(6(2)20)23-12(14)19-5-4-7-10(19)17-13(16)18-11(7)22/h1,4-6,8-9,12,20-21H,2H3,(H3,16,17,18,22)/t6-,8-,9?,12-,14?/m1/s1. The summed E-state index contributed by atoms with van der Waals surface area (Å²) in [6.07, 6.45) is 2.69. The van der Waals surface area contributed by atoms with Gasteiger partial charge in [-0.05, 0) is 13.0 Å². The average molecular weight is 339 g/mol. The Kier molecular flexibility index (Phi) is 3.61. The number of nitrogens with two attached hydrogens (primary N) is 1. The van der Waals surface area contributed by atoms with Crippen molar-refractivity contribution in [3.05, 3.63) is 22.6 Å². The van der Waals surface area contributed by atoms with Crippen LogP contribution in [0.5, 0.6) is 0 Å². The number of aliphatic hydroxyl groups is 2. The number of hydrogen-bond acceptors (Lipinski definition) is 6. The van der Waals surface area contributed by atoms with E-state index in [1.807, 2.05) is 0 Å². The van der Waals surface area contributed by atoms with E-state index in [1.165, 1.54) is 23.8 Å². The van der Waals surface area contributed by atoms with E-state index in [-0.39, 0.29) is 17.0 Å². The number of ether oxygens (including phenoxy) is 1. The summed E-state index contributed by atoms with van der Waals surface area (Å²) in [4.78, 5) is 16.7. The summed E-state index contributed by atoms with van der Waals surface area (Å²) in [7, 11) is 0. The second-order valence-corrected chi connectivity index (χ2v) is 6.09. The van der Waals surface area contributed by atoms with E-state index in [9.17, 15) is 15.0 Å². The number of fused-ring (bicyclic) bond motifs is 1. The van der Waals surface area contributed by atoms with E-state index in [1.54, 1.807) is 0 Å². The van der Waals surface area contributed by atoms with Crippen LogP contribution in [0.25, 0.3) is 11.0 Å². The van der Waals surface area contributed by atoms with Crippen LogP contribution in [0.3, 0.4) is 0 Å². The number of terminal acetylenes is 1. The highest BCUT2D eigenvalue weighted by Crippen LogP contribution is 2.44. The molecule has 3 rings (SSSR count). The lowest BCUT2D eigenvalue weighted by Gasteiger charge is -2.25. The van der Waals surface area contributed by atoms with Gasteiger partial charge in [-0.15, -0.1) is 6.42 Å². The third kappa shape index (κ3) is 2.21. The first kappa shape index (κ1) is 15.8. The van der Waals surface area contributed by atoms with Crippen molar-refractivity contribution in [2.75, 3.05) is 5.73 Å². The van der Waals surface area contributed by atoms with Crippen molar-refractivity contribution in [3.8, 4) is 12.3 Å². The van der Waals surface area contributed by atoms with Crippen molar-refractivity contribution in [1.82, 2.24) is 14.5 Å². The molecule has 2 aromatic heterocycles. The number of anilines is 1. The summed E-state index contributed by atoms with van der Waals surface area (Å²) in [5.74, 6) is 2.25. The summed E-state index contributed by atoms with van der Waals surface area (Å²) in [5, 5.41) is 20.4. The predicted octanol–water partition coefficient (Wildman–Crippen LogP) is -0.443. The number of halogens is 1. The Labute approximate surface area is 135 Å². The minimum atomic E-state index is -1.63. The first-order valence-corrected chi connectivity index (χ1v) is 7.22. The number of aliphatic hydroxyl groups excluding tert-OH is 2. The van der Waals surface area contributed by atoms with Crippen LogP contribution in [-0.4, -0.2) is 47.9 Å². The molecule has 9 heteroatoms. The molecule has 0 aromatic carbocycles. The van der Waals surface area contributed by atoms with Gasteiger partial charge in [-0.25, -0.2) is 0 Å². The third-order valence-electron chi connectivity index (χ3n) is 3.94. The Hall–Kier alpha value is -2.05. The SMILES string of the molecule is C#CC1(Cl)C(O)[C@@H]([C@@H](C)O)O[C@H]1n1ccc2c(=O)[nH]c(N)nc21. The lowest BCUT2D eigenvalue weighted by molar-refractivity contribution is -0.0751. The molecule has 8 nitrogen and oxygen atoms in total. The van der Waals surface area contributed by atoms with Crippen LogP contribution < -0.4 is 11.3 Å². The molecule has 2 aromatic rings. The molecule has 1 aliphatic heterocycles. The largest absolute Gasteiger partial charge is 0.391 e. The molecule has 122 valence electrons. The van der Waals surface area contributed by atoms with Gasteiger partial charge in [-0.3, -0.25) is 9.78 Å². The molecule has 2 unspecified atom stereocenters. The Morgan fingerprint density at radius 1 is 1.70 bits per heavy atom. The quantitative estimate of drug-likeness (QED) is 0.434. The van der Waals surface area contributed by atoms with Crippen molar-refractivity contribution >= 4 is 28.6 Å². The van der Waals surface area contributed by atoms with Crippen molar-refractivity contribution in [1.29, 1.82) is 0 Å².